The molecule has 0 bridgehead atoms. The van der Waals surface area contributed by atoms with Crippen molar-refractivity contribution in [3.8, 4) is 0 Å². The molecule has 1 aliphatic heterocycles. The molecule has 0 N–H and O–H groups in total. The Hall–Kier alpha value is -0.570. The van der Waals surface area contributed by atoms with Crippen LogP contribution in [0.15, 0.2) is 0 Å². The lowest BCUT2D eigenvalue weighted by Gasteiger charge is -2.26. The second kappa shape index (κ2) is 5.20. The van der Waals surface area contributed by atoms with E-state index in [2.05, 4.69) is 20.8 Å². The number of ether oxygens (including phenoxy) is 1. The Kier molecular flexibility index (Phi) is 4.47. The Morgan fingerprint density at radius 3 is 2.39 bits per heavy atom. The first-order chi connectivity index (χ1) is 8.01. The van der Waals surface area contributed by atoms with E-state index in [9.17, 15) is 4.79 Å². The summed E-state index contributed by atoms with van der Waals surface area (Å²) in [5.41, 5.74) is 0.0566. The van der Waals surface area contributed by atoms with Gasteiger partial charge in [-0.15, -0.1) is 0 Å². The maximum absolute atomic E-state index is 12.2. The number of carbonyl (C=O) groups is 1. The van der Waals surface area contributed by atoms with Crippen molar-refractivity contribution in [2.45, 2.75) is 66.6 Å². The number of rotatable bonds is 3. The SMILES string of the molecule is CC(CC(=O)N1CC(C)C(C)(C)C1)OC(C)(C)C. The molecule has 0 aromatic carbocycles. The van der Waals surface area contributed by atoms with Gasteiger partial charge in [0.05, 0.1) is 18.1 Å². The lowest BCUT2D eigenvalue weighted by Crippen LogP contribution is -2.35. The van der Waals surface area contributed by atoms with E-state index in [1.807, 2.05) is 32.6 Å². The van der Waals surface area contributed by atoms with Crippen molar-refractivity contribution < 1.29 is 9.53 Å². The van der Waals surface area contributed by atoms with Crippen molar-refractivity contribution in [3.05, 3.63) is 0 Å². The number of likely N-dealkylation sites (tertiary alicyclic amines) is 1. The van der Waals surface area contributed by atoms with Gasteiger partial charge in [-0.2, -0.15) is 0 Å². The van der Waals surface area contributed by atoms with E-state index < -0.39 is 0 Å². The molecular formula is C15H29NO2. The quantitative estimate of drug-likeness (QED) is 0.775. The molecule has 3 heteroatoms. The Morgan fingerprint density at radius 2 is 2.00 bits per heavy atom. The summed E-state index contributed by atoms with van der Waals surface area (Å²) in [6.07, 6.45) is 0.469. The first kappa shape index (κ1) is 15.5. The van der Waals surface area contributed by atoms with Gasteiger partial charge in [0.1, 0.15) is 0 Å². The number of hydrogen-bond donors (Lipinski definition) is 0. The minimum atomic E-state index is -0.183. The maximum Gasteiger partial charge on any atom is 0.225 e. The van der Waals surface area contributed by atoms with E-state index in [1.54, 1.807) is 0 Å². The monoisotopic (exact) mass is 255 g/mol. The van der Waals surface area contributed by atoms with E-state index in [4.69, 9.17) is 4.74 Å². The van der Waals surface area contributed by atoms with Crippen molar-refractivity contribution in [2.24, 2.45) is 11.3 Å². The molecule has 0 radical (unpaired) electrons. The van der Waals surface area contributed by atoms with Crippen LogP contribution in [0, 0.1) is 11.3 Å². The average Bonchev–Trinajstić information content (AvgIpc) is 2.37. The van der Waals surface area contributed by atoms with Gasteiger partial charge in [-0.25, -0.2) is 0 Å². The molecule has 1 rings (SSSR count). The van der Waals surface area contributed by atoms with E-state index in [0.29, 0.717) is 12.3 Å². The summed E-state index contributed by atoms with van der Waals surface area (Å²) >= 11 is 0. The highest BCUT2D eigenvalue weighted by Crippen LogP contribution is 2.35. The fourth-order valence-electron chi connectivity index (χ4n) is 2.50. The Morgan fingerprint density at radius 1 is 1.44 bits per heavy atom. The van der Waals surface area contributed by atoms with Crippen LogP contribution in [-0.2, 0) is 9.53 Å². The molecule has 1 fully saturated rings. The van der Waals surface area contributed by atoms with Crippen LogP contribution in [0.1, 0.15) is 54.9 Å². The largest absolute Gasteiger partial charge is 0.372 e. The van der Waals surface area contributed by atoms with Crippen molar-refractivity contribution >= 4 is 5.91 Å². The molecule has 0 aromatic rings. The molecule has 18 heavy (non-hydrogen) atoms. The Labute approximate surface area is 112 Å². The van der Waals surface area contributed by atoms with Crippen molar-refractivity contribution in [1.29, 1.82) is 0 Å². The van der Waals surface area contributed by atoms with E-state index in [0.717, 1.165) is 13.1 Å². The zero-order chi connectivity index (χ0) is 14.1. The molecule has 0 aromatic heterocycles. The van der Waals surface area contributed by atoms with Crippen LogP contribution in [0.25, 0.3) is 0 Å². The van der Waals surface area contributed by atoms with Gasteiger partial charge in [0, 0.05) is 13.1 Å². The molecule has 2 unspecified atom stereocenters. The fraction of sp³-hybridized carbons (Fsp3) is 0.933. The highest BCUT2D eigenvalue weighted by molar-refractivity contribution is 5.77. The van der Waals surface area contributed by atoms with E-state index in [-0.39, 0.29) is 23.0 Å². The predicted octanol–water partition coefficient (Wildman–Crippen LogP) is 3.08. The summed E-state index contributed by atoms with van der Waals surface area (Å²) in [5.74, 6) is 0.796. The van der Waals surface area contributed by atoms with Crippen LogP contribution in [0.3, 0.4) is 0 Å². The van der Waals surface area contributed by atoms with Crippen molar-refractivity contribution in [2.75, 3.05) is 13.1 Å². The molecular weight excluding hydrogens is 226 g/mol. The number of carbonyl (C=O) groups excluding carboxylic acids is 1. The third-order valence-corrected chi connectivity index (χ3v) is 3.80. The van der Waals surface area contributed by atoms with Gasteiger partial charge in [-0.1, -0.05) is 20.8 Å². The molecule has 1 saturated heterocycles. The van der Waals surface area contributed by atoms with E-state index in [1.165, 1.54) is 0 Å². The molecule has 106 valence electrons. The highest BCUT2D eigenvalue weighted by Gasteiger charge is 2.38. The van der Waals surface area contributed by atoms with Gasteiger partial charge in [0.15, 0.2) is 0 Å². The Balaban J connectivity index is 2.48. The summed E-state index contributed by atoms with van der Waals surface area (Å²) in [7, 11) is 0. The molecule has 1 heterocycles. The third-order valence-electron chi connectivity index (χ3n) is 3.80. The highest BCUT2D eigenvalue weighted by atomic mass is 16.5. The van der Waals surface area contributed by atoms with Crippen molar-refractivity contribution in [1.82, 2.24) is 4.90 Å². The second-order valence-corrected chi connectivity index (χ2v) is 7.41. The molecule has 0 aliphatic carbocycles. The lowest BCUT2D eigenvalue weighted by atomic mass is 9.84. The zero-order valence-corrected chi connectivity index (χ0v) is 13.0. The van der Waals surface area contributed by atoms with Crippen LogP contribution in [0.5, 0.6) is 0 Å². The molecule has 3 nitrogen and oxygen atoms in total. The summed E-state index contributed by atoms with van der Waals surface area (Å²) < 4.78 is 5.80. The first-order valence-electron chi connectivity index (χ1n) is 6.97. The van der Waals surface area contributed by atoms with Gasteiger partial charge in [-0.05, 0) is 39.0 Å². The van der Waals surface area contributed by atoms with Gasteiger partial charge < -0.3 is 9.64 Å². The van der Waals surface area contributed by atoms with Gasteiger partial charge in [0.25, 0.3) is 0 Å². The first-order valence-corrected chi connectivity index (χ1v) is 6.97. The normalized spacial score (nSPS) is 25.3. The van der Waals surface area contributed by atoms with Crippen LogP contribution in [0.2, 0.25) is 0 Å². The van der Waals surface area contributed by atoms with Crippen LogP contribution < -0.4 is 0 Å². The number of nitrogens with zero attached hydrogens (tertiary/aromatic N) is 1. The third kappa shape index (κ3) is 4.27. The fourth-order valence-corrected chi connectivity index (χ4v) is 2.50. The smallest absolute Gasteiger partial charge is 0.225 e. The summed E-state index contributed by atoms with van der Waals surface area (Å²) in [4.78, 5) is 14.2. The van der Waals surface area contributed by atoms with Gasteiger partial charge in [0.2, 0.25) is 5.91 Å². The average molecular weight is 255 g/mol. The standard InChI is InChI=1S/C15H29NO2/c1-11-9-16(10-15(11,6)7)13(17)8-12(2)18-14(3,4)5/h11-12H,8-10H2,1-7H3. The van der Waals surface area contributed by atoms with Gasteiger partial charge in [-0.3, -0.25) is 4.79 Å². The van der Waals surface area contributed by atoms with Gasteiger partial charge >= 0.3 is 0 Å². The number of amides is 1. The van der Waals surface area contributed by atoms with E-state index >= 15 is 0 Å². The van der Waals surface area contributed by atoms with Crippen LogP contribution >= 0.6 is 0 Å². The number of hydrogen-bond acceptors (Lipinski definition) is 2. The summed E-state index contributed by atoms with van der Waals surface area (Å²) in [6, 6.07) is 0. The van der Waals surface area contributed by atoms with Crippen LogP contribution in [-0.4, -0.2) is 35.6 Å². The van der Waals surface area contributed by atoms with Crippen LogP contribution in [0.4, 0.5) is 0 Å². The second-order valence-electron chi connectivity index (χ2n) is 7.41. The summed E-state index contributed by atoms with van der Waals surface area (Å²) in [6.45, 7) is 16.5. The molecule has 1 aliphatic rings. The lowest BCUT2D eigenvalue weighted by molar-refractivity contribution is -0.136. The summed E-state index contributed by atoms with van der Waals surface area (Å²) in [5, 5.41) is 0. The molecule has 1 amide bonds. The van der Waals surface area contributed by atoms with Crippen molar-refractivity contribution in [3.63, 3.8) is 0 Å². The molecule has 0 saturated carbocycles. The minimum Gasteiger partial charge on any atom is -0.372 e. The zero-order valence-electron chi connectivity index (χ0n) is 13.0. The Bertz CT molecular complexity index is 304. The topological polar surface area (TPSA) is 29.5 Å². The molecule has 2 atom stereocenters. The predicted molar refractivity (Wildman–Crippen MR) is 74.4 cm³/mol. The minimum absolute atomic E-state index is 0.0171. The maximum atomic E-state index is 12.2. The molecule has 0 spiro atoms.